The Bertz CT molecular complexity index is 263. The third-order valence-corrected chi connectivity index (χ3v) is 2.93. The van der Waals surface area contributed by atoms with Crippen molar-refractivity contribution in [1.29, 1.82) is 0 Å². The normalized spacial score (nSPS) is 12.7. The molecular weight excluding hydrogens is 182 g/mol. The summed E-state index contributed by atoms with van der Waals surface area (Å²) in [6.45, 7) is 5.31. The highest BCUT2D eigenvalue weighted by molar-refractivity contribution is 5.25. The first kappa shape index (κ1) is 12.3. The largest absolute Gasteiger partial charge is 0.330 e. The minimum Gasteiger partial charge on any atom is -0.330 e. The molecule has 0 radical (unpaired) electrons. The van der Waals surface area contributed by atoms with Gasteiger partial charge in [-0.1, -0.05) is 44.5 Å². The monoisotopic (exact) mass is 205 g/mol. The van der Waals surface area contributed by atoms with Crippen molar-refractivity contribution in [2.75, 3.05) is 6.54 Å². The summed E-state index contributed by atoms with van der Waals surface area (Å²) in [4.78, 5) is 0. The maximum absolute atomic E-state index is 5.52. The van der Waals surface area contributed by atoms with E-state index in [1.165, 1.54) is 30.4 Å². The maximum atomic E-state index is 5.52. The standard InChI is InChI=1S/C14H23N/c1-3-5-13-7-9-14(10-8-13)12(2)6-4-11-15/h7-10,12H,3-6,11,15H2,1-2H3. The van der Waals surface area contributed by atoms with Crippen LogP contribution in [0.15, 0.2) is 24.3 Å². The van der Waals surface area contributed by atoms with Crippen molar-refractivity contribution >= 4 is 0 Å². The van der Waals surface area contributed by atoms with Crippen LogP contribution in [0, 0.1) is 0 Å². The Labute approximate surface area is 93.7 Å². The highest BCUT2D eigenvalue weighted by Gasteiger charge is 2.04. The molecule has 0 heterocycles. The topological polar surface area (TPSA) is 26.0 Å². The van der Waals surface area contributed by atoms with E-state index in [4.69, 9.17) is 5.73 Å². The van der Waals surface area contributed by atoms with Crippen molar-refractivity contribution in [2.45, 2.75) is 45.4 Å². The Morgan fingerprint density at radius 2 is 1.87 bits per heavy atom. The Balaban J connectivity index is 2.54. The van der Waals surface area contributed by atoms with Crippen LogP contribution in [0.1, 0.15) is 50.2 Å². The second kappa shape index (κ2) is 6.62. The van der Waals surface area contributed by atoms with E-state index in [1.807, 2.05) is 0 Å². The molecule has 0 fully saturated rings. The van der Waals surface area contributed by atoms with Crippen molar-refractivity contribution in [1.82, 2.24) is 0 Å². The molecule has 0 saturated heterocycles. The predicted molar refractivity (Wildman–Crippen MR) is 67.1 cm³/mol. The van der Waals surface area contributed by atoms with Crippen LogP contribution in [-0.2, 0) is 6.42 Å². The molecule has 0 amide bonds. The van der Waals surface area contributed by atoms with Crippen LogP contribution >= 0.6 is 0 Å². The number of hydrogen-bond acceptors (Lipinski definition) is 1. The Morgan fingerprint density at radius 3 is 2.40 bits per heavy atom. The lowest BCUT2D eigenvalue weighted by molar-refractivity contribution is 0.640. The third-order valence-electron chi connectivity index (χ3n) is 2.93. The second-order valence-corrected chi connectivity index (χ2v) is 4.32. The quantitative estimate of drug-likeness (QED) is 0.756. The first-order chi connectivity index (χ1) is 7.27. The predicted octanol–water partition coefficient (Wildman–Crippen LogP) is 3.48. The first-order valence-electron chi connectivity index (χ1n) is 6.06. The molecule has 0 aliphatic rings. The van der Waals surface area contributed by atoms with Gasteiger partial charge in [-0.25, -0.2) is 0 Å². The minimum atomic E-state index is 0.643. The fraction of sp³-hybridized carbons (Fsp3) is 0.571. The van der Waals surface area contributed by atoms with Crippen molar-refractivity contribution in [2.24, 2.45) is 5.73 Å². The smallest absolute Gasteiger partial charge is 0.00771 e. The van der Waals surface area contributed by atoms with Gasteiger partial charge >= 0.3 is 0 Å². The maximum Gasteiger partial charge on any atom is -0.00771 e. The van der Waals surface area contributed by atoms with E-state index in [0.29, 0.717) is 5.92 Å². The molecular formula is C14H23N. The van der Waals surface area contributed by atoms with Crippen LogP contribution in [0.4, 0.5) is 0 Å². The molecule has 1 unspecified atom stereocenters. The summed E-state index contributed by atoms with van der Waals surface area (Å²) in [5, 5.41) is 0. The SMILES string of the molecule is CCCc1ccc(C(C)CCCN)cc1. The summed E-state index contributed by atoms with van der Waals surface area (Å²) < 4.78 is 0. The fourth-order valence-electron chi connectivity index (χ4n) is 1.89. The number of hydrogen-bond donors (Lipinski definition) is 1. The molecule has 0 aliphatic carbocycles. The lowest BCUT2D eigenvalue weighted by atomic mass is 9.95. The summed E-state index contributed by atoms with van der Waals surface area (Å²) in [6, 6.07) is 9.06. The zero-order valence-electron chi connectivity index (χ0n) is 10.00. The van der Waals surface area contributed by atoms with E-state index in [0.717, 1.165) is 13.0 Å². The minimum absolute atomic E-state index is 0.643. The van der Waals surface area contributed by atoms with E-state index in [-0.39, 0.29) is 0 Å². The Morgan fingerprint density at radius 1 is 1.20 bits per heavy atom. The molecule has 1 aromatic rings. The lowest BCUT2D eigenvalue weighted by Crippen LogP contribution is -2.02. The van der Waals surface area contributed by atoms with Gasteiger partial charge < -0.3 is 5.73 Å². The van der Waals surface area contributed by atoms with Crippen LogP contribution < -0.4 is 5.73 Å². The van der Waals surface area contributed by atoms with Gasteiger partial charge in [0.15, 0.2) is 0 Å². The Hall–Kier alpha value is -0.820. The second-order valence-electron chi connectivity index (χ2n) is 4.32. The number of aryl methyl sites for hydroxylation is 1. The average molecular weight is 205 g/mol. The zero-order valence-corrected chi connectivity index (χ0v) is 10.00. The van der Waals surface area contributed by atoms with E-state index in [9.17, 15) is 0 Å². The average Bonchev–Trinajstić information content (AvgIpc) is 2.27. The van der Waals surface area contributed by atoms with Gasteiger partial charge in [0, 0.05) is 0 Å². The molecule has 0 bridgehead atoms. The first-order valence-corrected chi connectivity index (χ1v) is 6.06. The number of rotatable bonds is 6. The van der Waals surface area contributed by atoms with E-state index >= 15 is 0 Å². The number of nitrogens with two attached hydrogens (primary N) is 1. The van der Waals surface area contributed by atoms with Gasteiger partial charge in [-0.3, -0.25) is 0 Å². The van der Waals surface area contributed by atoms with Gasteiger partial charge in [-0.15, -0.1) is 0 Å². The van der Waals surface area contributed by atoms with Crippen molar-refractivity contribution in [3.05, 3.63) is 35.4 Å². The number of benzene rings is 1. The Kier molecular flexibility index (Phi) is 5.41. The van der Waals surface area contributed by atoms with Crippen molar-refractivity contribution < 1.29 is 0 Å². The molecule has 2 N–H and O–H groups in total. The van der Waals surface area contributed by atoms with Gasteiger partial charge in [0.2, 0.25) is 0 Å². The van der Waals surface area contributed by atoms with Crippen LogP contribution in [0.5, 0.6) is 0 Å². The van der Waals surface area contributed by atoms with Gasteiger partial charge in [0.05, 0.1) is 0 Å². The summed E-state index contributed by atoms with van der Waals surface area (Å²) >= 11 is 0. The summed E-state index contributed by atoms with van der Waals surface area (Å²) in [5.74, 6) is 0.643. The van der Waals surface area contributed by atoms with Gasteiger partial charge in [0.1, 0.15) is 0 Å². The zero-order chi connectivity index (χ0) is 11.1. The molecule has 84 valence electrons. The molecule has 1 aromatic carbocycles. The summed E-state index contributed by atoms with van der Waals surface area (Å²) in [6.07, 6.45) is 4.74. The molecule has 1 heteroatoms. The van der Waals surface area contributed by atoms with Crippen molar-refractivity contribution in [3.63, 3.8) is 0 Å². The highest BCUT2D eigenvalue weighted by Crippen LogP contribution is 2.20. The van der Waals surface area contributed by atoms with Gasteiger partial charge in [-0.2, -0.15) is 0 Å². The molecule has 0 aromatic heterocycles. The summed E-state index contributed by atoms with van der Waals surface area (Å²) in [7, 11) is 0. The van der Waals surface area contributed by atoms with E-state index < -0.39 is 0 Å². The van der Waals surface area contributed by atoms with Crippen LogP contribution in [0.2, 0.25) is 0 Å². The molecule has 1 nitrogen and oxygen atoms in total. The summed E-state index contributed by atoms with van der Waals surface area (Å²) in [5.41, 5.74) is 8.42. The fourth-order valence-corrected chi connectivity index (χ4v) is 1.89. The van der Waals surface area contributed by atoms with E-state index in [2.05, 4.69) is 38.1 Å². The molecule has 15 heavy (non-hydrogen) atoms. The van der Waals surface area contributed by atoms with Crippen LogP contribution in [0.25, 0.3) is 0 Å². The van der Waals surface area contributed by atoms with Gasteiger partial charge in [-0.05, 0) is 42.9 Å². The van der Waals surface area contributed by atoms with Crippen molar-refractivity contribution in [3.8, 4) is 0 Å². The van der Waals surface area contributed by atoms with E-state index in [1.54, 1.807) is 0 Å². The van der Waals surface area contributed by atoms with Gasteiger partial charge in [0.25, 0.3) is 0 Å². The lowest BCUT2D eigenvalue weighted by Gasteiger charge is -2.11. The molecule has 0 saturated carbocycles. The van der Waals surface area contributed by atoms with Crippen LogP contribution in [-0.4, -0.2) is 6.54 Å². The molecule has 0 aliphatic heterocycles. The van der Waals surface area contributed by atoms with Crippen LogP contribution in [0.3, 0.4) is 0 Å². The highest BCUT2D eigenvalue weighted by atomic mass is 14.5. The molecule has 0 spiro atoms. The molecule has 1 atom stereocenters. The third kappa shape index (κ3) is 4.05. The molecule has 1 rings (SSSR count).